The first-order valence-corrected chi connectivity index (χ1v) is 6.18. The molecule has 4 heteroatoms. The van der Waals surface area contributed by atoms with Gasteiger partial charge in [0.2, 0.25) is 5.95 Å². The lowest BCUT2D eigenvalue weighted by atomic mass is 10.0. The van der Waals surface area contributed by atoms with Gasteiger partial charge in [0.05, 0.1) is 0 Å². The molecule has 0 aromatic carbocycles. The monoisotopic (exact) mass is 241 g/mol. The van der Waals surface area contributed by atoms with Crippen molar-refractivity contribution in [3.05, 3.63) is 16.4 Å². The van der Waals surface area contributed by atoms with Gasteiger partial charge in [-0.1, -0.05) is 25.4 Å². The Balaban J connectivity index is 3.18. The molecule has 0 amide bonds. The van der Waals surface area contributed by atoms with Crippen molar-refractivity contribution < 1.29 is 0 Å². The van der Waals surface area contributed by atoms with Crippen LogP contribution in [0.15, 0.2) is 0 Å². The third-order valence-electron chi connectivity index (χ3n) is 2.70. The minimum atomic E-state index is 0.359. The summed E-state index contributed by atoms with van der Waals surface area (Å²) >= 11 is 6.21. The molecule has 0 saturated carbocycles. The number of nitrogens with zero attached hydrogens (tertiary/aromatic N) is 3. The van der Waals surface area contributed by atoms with Gasteiger partial charge in [0, 0.05) is 24.3 Å². The van der Waals surface area contributed by atoms with Crippen LogP contribution in [0.2, 0.25) is 5.15 Å². The minimum Gasteiger partial charge on any atom is -0.341 e. The summed E-state index contributed by atoms with van der Waals surface area (Å²) in [6.45, 7) is 12.2. The Morgan fingerprint density at radius 3 is 2.12 bits per heavy atom. The van der Waals surface area contributed by atoms with Crippen LogP contribution in [0.1, 0.15) is 44.9 Å². The first-order valence-electron chi connectivity index (χ1n) is 5.80. The van der Waals surface area contributed by atoms with Gasteiger partial charge in [-0.2, -0.15) is 0 Å². The van der Waals surface area contributed by atoms with Crippen molar-refractivity contribution in [1.29, 1.82) is 0 Å². The molecule has 90 valence electrons. The maximum absolute atomic E-state index is 6.21. The van der Waals surface area contributed by atoms with Gasteiger partial charge >= 0.3 is 0 Å². The summed E-state index contributed by atoms with van der Waals surface area (Å²) in [5, 5.41) is 0.587. The highest BCUT2D eigenvalue weighted by Gasteiger charge is 2.15. The predicted octanol–water partition coefficient (Wildman–Crippen LogP) is 3.41. The van der Waals surface area contributed by atoms with E-state index >= 15 is 0 Å². The molecule has 1 aromatic rings. The molecule has 0 bridgehead atoms. The quantitative estimate of drug-likeness (QED) is 0.757. The standard InChI is InChI=1S/C12H20ClN3/c1-6-16(7-2)12-14-9(5)10(8(3)4)11(13)15-12/h8H,6-7H2,1-5H3. The Labute approximate surface area is 103 Å². The molecule has 1 aromatic heterocycles. The van der Waals surface area contributed by atoms with Gasteiger partial charge in [-0.3, -0.25) is 0 Å². The van der Waals surface area contributed by atoms with Crippen molar-refractivity contribution in [2.75, 3.05) is 18.0 Å². The largest absolute Gasteiger partial charge is 0.341 e. The zero-order chi connectivity index (χ0) is 12.3. The van der Waals surface area contributed by atoms with Gasteiger partial charge in [-0.05, 0) is 26.7 Å². The highest BCUT2D eigenvalue weighted by atomic mass is 35.5. The highest BCUT2D eigenvalue weighted by molar-refractivity contribution is 6.30. The second kappa shape index (κ2) is 5.48. The average Bonchev–Trinajstić information content (AvgIpc) is 2.17. The SMILES string of the molecule is CCN(CC)c1nc(C)c(C(C)C)c(Cl)n1. The molecule has 0 unspecified atom stereocenters. The van der Waals surface area contributed by atoms with Gasteiger partial charge in [-0.25, -0.2) is 9.97 Å². The van der Waals surface area contributed by atoms with Gasteiger partial charge in [0.15, 0.2) is 0 Å². The maximum atomic E-state index is 6.21. The Morgan fingerprint density at radius 1 is 1.19 bits per heavy atom. The Kier molecular flexibility index (Phi) is 4.54. The van der Waals surface area contributed by atoms with E-state index in [1.165, 1.54) is 0 Å². The normalized spacial score (nSPS) is 10.9. The third-order valence-corrected chi connectivity index (χ3v) is 2.99. The van der Waals surface area contributed by atoms with Gasteiger partial charge in [0.25, 0.3) is 0 Å². The summed E-state index contributed by atoms with van der Waals surface area (Å²) < 4.78 is 0. The Morgan fingerprint density at radius 2 is 1.75 bits per heavy atom. The Bertz CT molecular complexity index is 336. The third kappa shape index (κ3) is 2.64. The van der Waals surface area contributed by atoms with Crippen LogP contribution in [0.5, 0.6) is 0 Å². The fraction of sp³-hybridized carbons (Fsp3) is 0.667. The molecule has 0 aliphatic heterocycles. The zero-order valence-electron chi connectivity index (χ0n) is 10.7. The molecule has 1 rings (SSSR count). The van der Waals surface area contributed by atoms with Crippen molar-refractivity contribution in [1.82, 2.24) is 9.97 Å². The topological polar surface area (TPSA) is 29.0 Å². The van der Waals surface area contributed by atoms with Crippen LogP contribution in [0.3, 0.4) is 0 Å². The molecule has 0 saturated heterocycles. The second-order valence-corrected chi connectivity index (χ2v) is 4.50. The van der Waals surface area contributed by atoms with Crippen LogP contribution < -0.4 is 4.90 Å². The number of aryl methyl sites for hydroxylation is 1. The van der Waals surface area contributed by atoms with Crippen LogP contribution in [-0.2, 0) is 0 Å². The van der Waals surface area contributed by atoms with E-state index in [9.17, 15) is 0 Å². The number of rotatable bonds is 4. The van der Waals surface area contributed by atoms with Gasteiger partial charge in [-0.15, -0.1) is 0 Å². The summed E-state index contributed by atoms with van der Waals surface area (Å²) in [7, 11) is 0. The summed E-state index contributed by atoms with van der Waals surface area (Å²) in [6.07, 6.45) is 0. The summed E-state index contributed by atoms with van der Waals surface area (Å²) in [5.41, 5.74) is 2.04. The molecule has 0 aliphatic carbocycles. The van der Waals surface area contributed by atoms with E-state index < -0.39 is 0 Å². The van der Waals surface area contributed by atoms with Crippen molar-refractivity contribution in [2.45, 2.75) is 40.5 Å². The number of halogens is 1. The molecule has 0 spiro atoms. The lowest BCUT2D eigenvalue weighted by molar-refractivity contribution is 0.787. The fourth-order valence-corrected chi connectivity index (χ4v) is 2.27. The second-order valence-electron chi connectivity index (χ2n) is 4.14. The van der Waals surface area contributed by atoms with Crippen LogP contribution in [-0.4, -0.2) is 23.1 Å². The maximum Gasteiger partial charge on any atom is 0.226 e. The van der Waals surface area contributed by atoms with Crippen LogP contribution in [0.25, 0.3) is 0 Å². The van der Waals surface area contributed by atoms with Crippen LogP contribution >= 0.6 is 11.6 Å². The predicted molar refractivity (Wildman–Crippen MR) is 69.4 cm³/mol. The molecule has 0 aliphatic rings. The van der Waals surface area contributed by atoms with Crippen molar-refractivity contribution in [3.63, 3.8) is 0 Å². The first-order chi connectivity index (χ1) is 7.51. The lowest BCUT2D eigenvalue weighted by Crippen LogP contribution is -2.25. The number of anilines is 1. The molecule has 0 atom stereocenters. The smallest absolute Gasteiger partial charge is 0.226 e. The van der Waals surface area contributed by atoms with Crippen LogP contribution in [0.4, 0.5) is 5.95 Å². The highest BCUT2D eigenvalue weighted by Crippen LogP contribution is 2.26. The van der Waals surface area contributed by atoms with E-state index in [0.717, 1.165) is 30.3 Å². The molecule has 0 fully saturated rings. The first kappa shape index (κ1) is 13.2. The number of hydrogen-bond acceptors (Lipinski definition) is 3. The lowest BCUT2D eigenvalue weighted by Gasteiger charge is -2.20. The number of aromatic nitrogens is 2. The molecule has 1 heterocycles. The molecule has 0 N–H and O–H groups in total. The van der Waals surface area contributed by atoms with E-state index in [1.807, 2.05) is 6.92 Å². The Hall–Kier alpha value is -0.830. The van der Waals surface area contributed by atoms with Crippen LogP contribution in [0, 0.1) is 6.92 Å². The fourth-order valence-electron chi connectivity index (χ4n) is 1.84. The van der Waals surface area contributed by atoms with E-state index in [-0.39, 0.29) is 0 Å². The van der Waals surface area contributed by atoms with Crippen molar-refractivity contribution in [3.8, 4) is 0 Å². The average molecular weight is 242 g/mol. The van der Waals surface area contributed by atoms with Gasteiger partial charge in [0.1, 0.15) is 5.15 Å². The van der Waals surface area contributed by atoms with E-state index in [0.29, 0.717) is 11.1 Å². The molecule has 0 radical (unpaired) electrons. The molecule has 3 nitrogen and oxygen atoms in total. The van der Waals surface area contributed by atoms with Crippen molar-refractivity contribution >= 4 is 17.5 Å². The molecule has 16 heavy (non-hydrogen) atoms. The summed E-state index contributed by atoms with van der Waals surface area (Å²) in [4.78, 5) is 11.0. The van der Waals surface area contributed by atoms with E-state index in [1.54, 1.807) is 0 Å². The molecular formula is C12H20ClN3. The van der Waals surface area contributed by atoms with Gasteiger partial charge < -0.3 is 4.90 Å². The van der Waals surface area contributed by atoms with E-state index in [4.69, 9.17) is 11.6 Å². The summed E-state index contributed by atoms with van der Waals surface area (Å²) in [5.74, 6) is 1.09. The minimum absolute atomic E-state index is 0.359. The van der Waals surface area contributed by atoms with E-state index in [2.05, 4.69) is 42.6 Å². The molecular weight excluding hydrogens is 222 g/mol. The summed E-state index contributed by atoms with van der Waals surface area (Å²) in [6, 6.07) is 0. The van der Waals surface area contributed by atoms with Crippen molar-refractivity contribution in [2.24, 2.45) is 0 Å². The number of hydrogen-bond donors (Lipinski definition) is 0. The zero-order valence-corrected chi connectivity index (χ0v) is 11.5.